The topological polar surface area (TPSA) is 42.7 Å². The molecule has 0 saturated carbocycles. The van der Waals surface area contributed by atoms with Gasteiger partial charge in [0.25, 0.3) is 0 Å². The number of carbonyl (C=O) groups excluding carboxylic acids is 1. The minimum atomic E-state index is -0.103. The molecule has 0 N–H and O–H groups in total. The van der Waals surface area contributed by atoms with Crippen molar-refractivity contribution in [3.05, 3.63) is 58.5 Å². The van der Waals surface area contributed by atoms with E-state index in [-0.39, 0.29) is 5.91 Å². The fraction of sp³-hybridized carbons (Fsp3) is 0.188. The predicted octanol–water partition coefficient (Wildman–Crippen LogP) is 3.72. The molecule has 0 spiro atoms. The van der Waals surface area contributed by atoms with E-state index in [1.165, 1.54) is 6.08 Å². The summed E-state index contributed by atoms with van der Waals surface area (Å²) in [5.41, 5.74) is 0.939. The Morgan fingerprint density at radius 3 is 2.90 bits per heavy atom. The lowest BCUT2D eigenvalue weighted by atomic mass is 10.2. The summed E-state index contributed by atoms with van der Waals surface area (Å²) < 4.78 is 11.4. The van der Waals surface area contributed by atoms with Crippen molar-refractivity contribution >= 4 is 27.9 Å². The van der Waals surface area contributed by atoms with E-state index in [9.17, 15) is 4.79 Å². The van der Waals surface area contributed by atoms with Gasteiger partial charge in [0, 0.05) is 29.7 Å². The molecule has 1 amide bonds. The van der Waals surface area contributed by atoms with Crippen LogP contribution in [0.25, 0.3) is 6.08 Å². The van der Waals surface area contributed by atoms with Crippen LogP contribution in [0.2, 0.25) is 0 Å². The molecule has 2 aromatic rings. The number of furan rings is 1. The molecule has 0 aliphatic heterocycles. The molecule has 1 heterocycles. The molecule has 0 aliphatic carbocycles. The third kappa shape index (κ3) is 4.23. The quantitative estimate of drug-likeness (QED) is 0.772. The zero-order chi connectivity index (χ0) is 15.2. The van der Waals surface area contributed by atoms with Crippen molar-refractivity contribution in [3.8, 4) is 5.75 Å². The standard InChI is InChI=1S/C16H16BrNO3/c1-18(16(19)8-6-14-4-3-9-21-14)11-12-10-13(17)5-7-15(12)20-2/h3-10H,11H2,1-2H3. The van der Waals surface area contributed by atoms with Gasteiger partial charge in [-0.05, 0) is 36.4 Å². The second kappa shape index (κ2) is 7.13. The fourth-order valence-electron chi connectivity index (χ4n) is 1.87. The monoisotopic (exact) mass is 349 g/mol. The molecule has 0 bridgehead atoms. The summed E-state index contributed by atoms with van der Waals surface area (Å²) in [6.07, 6.45) is 4.71. The second-order valence-corrected chi connectivity index (χ2v) is 5.41. The average molecular weight is 350 g/mol. The Morgan fingerprint density at radius 2 is 2.24 bits per heavy atom. The molecule has 0 unspecified atom stereocenters. The van der Waals surface area contributed by atoms with Gasteiger partial charge in [0.2, 0.25) is 5.91 Å². The van der Waals surface area contributed by atoms with E-state index in [2.05, 4.69) is 15.9 Å². The molecule has 110 valence electrons. The molecular weight excluding hydrogens is 334 g/mol. The number of benzene rings is 1. The van der Waals surface area contributed by atoms with E-state index < -0.39 is 0 Å². The van der Waals surface area contributed by atoms with Crippen molar-refractivity contribution in [1.82, 2.24) is 4.90 Å². The van der Waals surface area contributed by atoms with Crippen LogP contribution in [0.3, 0.4) is 0 Å². The average Bonchev–Trinajstić information content (AvgIpc) is 2.98. The van der Waals surface area contributed by atoms with Gasteiger partial charge in [-0.25, -0.2) is 0 Å². The highest BCUT2D eigenvalue weighted by Gasteiger charge is 2.10. The highest BCUT2D eigenvalue weighted by Crippen LogP contribution is 2.24. The summed E-state index contributed by atoms with van der Waals surface area (Å²) in [6.45, 7) is 0.462. The first-order valence-corrected chi connectivity index (χ1v) is 7.18. The number of carbonyl (C=O) groups is 1. The third-order valence-electron chi connectivity index (χ3n) is 2.96. The first kappa shape index (κ1) is 15.4. The third-order valence-corrected chi connectivity index (χ3v) is 3.45. The zero-order valence-electron chi connectivity index (χ0n) is 11.9. The maximum Gasteiger partial charge on any atom is 0.246 e. The van der Waals surface area contributed by atoms with Crippen LogP contribution in [-0.4, -0.2) is 25.0 Å². The molecular formula is C16H16BrNO3. The van der Waals surface area contributed by atoms with Crippen LogP contribution >= 0.6 is 15.9 Å². The molecule has 21 heavy (non-hydrogen) atoms. The molecule has 5 heteroatoms. The van der Waals surface area contributed by atoms with Crippen molar-refractivity contribution in [1.29, 1.82) is 0 Å². The first-order chi connectivity index (χ1) is 10.1. The highest BCUT2D eigenvalue weighted by molar-refractivity contribution is 9.10. The van der Waals surface area contributed by atoms with E-state index in [0.717, 1.165) is 15.8 Å². The second-order valence-electron chi connectivity index (χ2n) is 4.50. The normalized spacial score (nSPS) is 10.8. The fourth-order valence-corrected chi connectivity index (χ4v) is 2.28. The molecule has 0 aliphatic rings. The smallest absolute Gasteiger partial charge is 0.246 e. The summed E-state index contributed by atoms with van der Waals surface area (Å²) in [6, 6.07) is 9.29. The lowest BCUT2D eigenvalue weighted by Crippen LogP contribution is -2.24. The molecule has 2 rings (SSSR count). The minimum absolute atomic E-state index is 0.103. The lowest BCUT2D eigenvalue weighted by molar-refractivity contribution is -0.125. The van der Waals surface area contributed by atoms with E-state index in [1.807, 2.05) is 18.2 Å². The van der Waals surface area contributed by atoms with Crippen molar-refractivity contribution < 1.29 is 13.9 Å². The van der Waals surface area contributed by atoms with Crippen LogP contribution in [0, 0.1) is 0 Å². The Labute approximate surface area is 132 Å². The van der Waals surface area contributed by atoms with E-state index >= 15 is 0 Å². The SMILES string of the molecule is COc1ccc(Br)cc1CN(C)C(=O)C=Cc1ccco1. The van der Waals surface area contributed by atoms with Gasteiger partial charge in [0.05, 0.1) is 13.4 Å². The van der Waals surface area contributed by atoms with Gasteiger partial charge >= 0.3 is 0 Å². The summed E-state index contributed by atoms with van der Waals surface area (Å²) in [5, 5.41) is 0. The molecule has 1 aromatic heterocycles. The Bertz CT molecular complexity index is 635. The van der Waals surface area contributed by atoms with Crippen molar-refractivity contribution in [2.24, 2.45) is 0 Å². The number of hydrogen-bond donors (Lipinski definition) is 0. The maximum absolute atomic E-state index is 12.1. The summed E-state index contributed by atoms with van der Waals surface area (Å²) in [4.78, 5) is 13.7. The number of methoxy groups -OCH3 is 1. The molecule has 0 atom stereocenters. The largest absolute Gasteiger partial charge is 0.496 e. The number of nitrogens with zero attached hydrogens (tertiary/aromatic N) is 1. The Hall–Kier alpha value is -2.01. The Morgan fingerprint density at radius 1 is 1.43 bits per heavy atom. The van der Waals surface area contributed by atoms with E-state index in [1.54, 1.807) is 43.5 Å². The number of hydrogen-bond acceptors (Lipinski definition) is 3. The molecule has 0 saturated heterocycles. The summed E-state index contributed by atoms with van der Waals surface area (Å²) in [7, 11) is 3.36. The molecule has 0 fully saturated rings. The van der Waals surface area contributed by atoms with Gasteiger partial charge in [-0.1, -0.05) is 15.9 Å². The van der Waals surface area contributed by atoms with Crippen molar-refractivity contribution in [2.75, 3.05) is 14.2 Å². The number of rotatable bonds is 5. The van der Waals surface area contributed by atoms with Gasteiger partial charge in [-0.15, -0.1) is 0 Å². The number of ether oxygens (including phenoxy) is 1. The number of halogens is 1. The Balaban J connectivity index is 2.05. The minimum Gasteiger partial charge on any atom is -0.496 e. The van der Waals surface area contributed by atoms with Gasteiger partial charge in [-0.2, -0.15) is 0 Å². The highest BCUT2D eigenvalue weighted by atomic mass is 79.9. The van der Waals surface area contributed by atoms with Crippen molar-refractivity contribution in [3.63, 3.8) is 0 Å². The first-order valence-electron chi connectivity index (χ1n) is 6.39. The predicted molar refractivity (Wildman–Crippen MR) is 84.9 cm³/mol. The molecule has 0 radical (unpaired) electrons. The Kier molecular flexibility index (Phi) is 5.22. The maximum atomic E-state index is 12.1. The lowest BCUT2D eigenvalue weighted by Gasteiger charge is -2.17. The van der Waals surface area contributed by atoms with Gasteiger partial charge < -0.3 is 14.1 Å². The number of amides is 1. The summed E-state index contributed by atoms with van der Waals surface area (Å²) >= 11 is 3.42. The van der Waals surface area contributed by atoms with Crippen molar-refractivity contribution in [2.45, 2.75) is 6.54 Å². The number of likely N-dealkylation sites (N-methyl/N-ethyl adjacent to an activating group) is 1. The van der Waals surface area contributed by atoms with Gasteiger partial charge in [-0.3, -0.25) is 4.79 Å². The molecule has 4 nitrogen and oxygen atoms in total. The van der Waals surface area contributed by atoms with Crippen LogP contribution < -0.4 is 4.74 Å². The summed E-state index contributed by atoms with van der Waals surface area (Å²) in [5.74, 6) is 1.30. The van der Waals surface area contributed by atoms with Crippen LogP contribution in [0.5, 0.6) is 5.75 Å². The molecule has 1 aromatic carbocycles. The van der Waals surface area contributed by atoms with Gasteiger partial charge in [0.1, 0.15) is 11.5 Å². The zero-order valence-corrected chi connectivity index (χ0v) is 13.5. The van der Waals surface area contributed by atoms with Crippen LogP contribution in [0.15, 0.2) is 51.6 Å². The van der Waals surface area contributed by atoms with E-state index in [0.29, 0.717) is 12.3 Å². The van der Waals surface area contributed by atoms with Crippen LogP contribution in [0.4, 0.5) is 0 Å². The van der Waals surface area contributed by atoms with Crippen LogP contribution in [0.1, 0.15) is 11.3 Å². The van der Waals surface area contributed by atoms with E-state index in [4.69, 9.17) is 9.15 Å². The van der Waals surface area contributed by atoms with Crippen LogP contribution in [-0.2, 0) is 11.3 Å². The van der Waals surface area contributed by atoms with Gasteiger partial charge in [0.15, 0.2) is 0 Å².